The van der Waals surface area contributed by atoms with E-state index in [0.717, 1.165) is 29.2 Å². The van der Waals surface area contributed by atoms with Gasteiger partial charge in [0.15, 0.2) is 12.2 Å². The van der Waals surface area contributed by atoms with Crippen molar-refractivity contribution in [2.24, 2.45) is 5.92 Å². The Morgan fingerprint density at radius 2 is 1.69 bits per heavy atom. The Morgan fingerprint density at radius 1 is 1.00 bits per heavy atom. The molecule has 15 heteroatoms. The second kappa shape index (κ2) is 17.9. The number of alkyl carbamates (subject to hydrolysis) is 1. The lowest BCUT2D eigenvalue weighted by Gasteiger charge is -2.30. The first-order valence-electron chi connectivity index (χ1n) is 16.1. The van der Waals surface area contributed by atoms with Crippen LogP contribution in [-0.4, -0.2) is 65.5 Å². The van der Waals surface area contributed by atoms with Crippen LogP contribution in [0.25, 0.3) is 11.3 Å². The van der Waals surface area contributed by atoms with Gasteiger partial charge in [-0.3, -0.25) is 4.90 Å². The predicted molar refractivity (Wildman–Crippen MR) is 183 cm³/mol. The zero-order valence-electron chi connectivity index (χ0n) is 28.3. The largest absolute Gasteiger partial charge is 0.496 e. The lowest BCUT2D eigenvalue weighted by molar-refractivity contribution is -0.192. The van der Waals surface area contributed by atoms with E-state index in [4.69, 9.17) is 23.8 Å². The minimum Gasteiger partial charge on any atom is -0.496 e. The van der Waals surface area contributed by atoms with Crippen molar-refractivity contribution in [1.29, 1.82) is 0 Å². The number of hydrogen-bond donors (Lipinski definition) is 4. The molecule has 0 aliphatic heterocycles. The van der Waals surface area contributed by atoms with Gasteiger partial charge in [-0.25, -0.2) is 19.4 Å². The molecular weight excluding hydrogens is 671 g/mol. The number of carboxylic acids is 1. The molecule has 0 radical (unpaired) electrons. The first kappa shape index (κ1) is 38.2. The van der Waals surface area contributed by atoms with E-state index in [0.29, 0.717) is 35.5 Å². The number of benzene rings is 3. The SMILES string of the molecule is COc1cc(NC(=O)Nc2cccc(CNC(=O)O[C@@H](CN(CC3CC3)C(C)C)c3ccccc3)c2)ccc1-c1cnco1.O=C(O)C(F)(F)F. The molecule has 1 atom stereocenters. The number of aliphatic carboxylic acids is 1. The summed E-state index contributed by atoms with van der Waals surface area (Å²) >= 11 is 0. The van der Waals surface area contributed by atoms with Crippen LogP contribution < -0.4 is 20.7 Å². The average molecular weight is 712 g/mol. The number of ether oxygens (including phenoxy) is 2. The number of hydrogen-bond acceptors (Lipinski definition) is 8. The maximum atomic E-state index is 13.0. The zero-order chi connectivity index (χ0) is 37.0. The van der Waals surface area contributed by atoms with Crippen LogP contribution in [0.1, 0.15) is 43.9 Å². The fourth-order valence-electron chi connectivity index (χ4n) is 4.94. The standard InChI is InChI=1S/C34H39N5O5.C2HF3O2/c1-23(2)39(20-24-12-13-24)21-32(26-9-5-4-6-10-26)44-34(41)36-18-25-8-7-11-27(16-25)37-33(40)38-28-14-15-29(30(17-28)42-3)31-19-35-22-43-31;3-2(4,5)1(6)7/h4-11,14-17,19,22-24,32H,12-13,18,20-21H2,1-3H3,(H,36,41)(H2,37,38,40);(H,6,7)/t32-;/m0./s1. The number of nitrogens with one attached hydrogen (secondary N) is 3. The molecule has 0 saturated heterocycles. The number of carbonyl (C=O) groups is 3. The fraction of sp³-hybridized carbons (Fsp3) is 0.333. The number of aromatic nitrogens is 1. The number of amides is 3. The Labute approximate surface area is 293 Å². The summed E-state index contributed by atoms with van der Waals surface area (Å²) in [5.41, 5.74) is 3.62. The molecule has 0 spiro atoms. The fourth-order valence-corrected chi connectivity index (χ4v) is 4.94. The van der Waals surface area contributed by atoms with Gasteiger partial charge in [-0.2, -0.15) is 13.2 Å². The molecule has 1 saturated carbocycles. The number of carbonyl (C=O) groups excluding carboxylic acids is 2. The number of oxazole rings is 1. The molecule has 1 fully saturated rings. The Kier molecular flexibility index (Phi) is 13.4. The minimum atomic E-state index is -5.08. The number of nitrogens with zero attached hydrogens (tertiary/aromatic N) is 2. The third-order valence-electron chi connectivity index (χ3n) is 7.76. The van der Waals surface area contributed by atoms with Gasteiger partial charge in [-0.05, 0) is 68.0 Å². The van der Waals surface area contributed by atoms with Crippen molar-refractivity contribution in [2.45, 2.75) is 51.6 Å². The molecule has 272 valence electrons. The van der Waals surface area contributed by atoms with Crippen LogP contribution in [-0.2, 0) is 16.1 Å². The van der Waals surface area contributed by atoms with Crippen molar-refractivity contribution in [1.82, 2.24) is 15.2 Å². The quantitative estimate of drug-likeness (QED) is 0.109. The highest BCUT2D eigenvalue weighted by molar-refractivity contribution is 6.00. The lowest BCUT2D eigenvalue weighted by atomic mass is 10.1. The molecule has 3 aromatic carbocycles. The van der Waals surface area contributed by atoms with Crippen LogP contribution in [0.15, 0.2) is 89.8 Å². The molecule has 1 heterocycles. The molecule has 5 rings (SSSR count). The van der Waals surface area contributed by atoms with Gasteiger partial charge in [0, 0.05) is 43.1 Å². The molecule has 4 N–H and O–H groups in total. The molecule has 12 nitrogen and oxygen atoms in total. The summed E-state index contributed by atoms with van der Waals surface area (Å²) < 4.78 is 48.5. The first-order chi connectivity index (χ1) is 24.3. The van der Waals surface area contributed by atoms with Crippen LogP contribution >= 0.6 is 0 Å². The summed E-state index contributed by atoms with van der Waals surface area (Å²) in [6.45, 7) is 6.25. The number of carboxylic acid groups (broad SMARTS) is 1. The number of alkyl halides is 3. The summed E-state index contributed by atoms with van der Waals surface area (Å²) in [6.07, 6.45) is -0.493. The van der Waals surface area contributed by atoms with Crippen LogP contribution in [0.4, 0.5) is 34.1 Å². The Balaban J connectivity index is 0.000000755. The third kappa shape index (κ3) is 12.4. The number of anilines is 2. The third-order valence-corrected chi connectivity index (χ3v) is 7.76. The number of rotatable bonds is 13. The molecule has 0 unspecified atom stereocenters. The van der Waals surface area contributed by atoms with E-state index in [1.165, 1.54) is 19.2 Å². The topological polar surface area (TPSA) is 155 Å². The molecule has 1 aliphatic rings. The molecule has 1 aromatic heterocycles. The van der Waals surface area contributed by atoms with Gasteiger partial charge in [0.05, 0.1) is 18.9 Å². The molecule has 3 amide bonds. The number of methoxy groups -OCH3 is 1. The Morgan fingerprint density at radius 3 is 2.27 bits per heavy atom. The van der Waals surface area contributed by atoms with Crippen molar-refractivity contribution in [3.63, 3.8) is 0 Å². The smallest absolute Gasteiger partial charge is 0.490 e. The minimum absolute atomic E-state index is 0.244. The predicted octanol–water partition coefficient (Wildman–Crippen LogP) is 7.72. The lowest BCUT2D eigenvalue weighted by Crippen LogP contribution is -2.38. The van der Waals surface area contributed by atoms with Crippen molar-refractivity contribution in [3.8, 4) is 17.1 Å². The monoisotopic (exact) mass is 711 g/mol. The maximum absolute atomic E-state index is 13.0. The van der Waals surface area contributed by atoms with Crippen molar-refractivity contribution in [3.05, 3.63) is 96.5 Å². The summed E-state index contributed by atoms with van der Waals surface area (Å²) in [7, 11) is 1.55. The summed E-state index contributed by atoms with van der Waals surface area (Å²) in [6, 6.07) is 22.3. The van der Waals surface area contributed by atoms with E-state index in [-0.39, 0.29) is 6.54 Å². The van der Waals surface area contributed by atoms with E-state index in [1.54, 1.807) is 43.6 Å². The Bertz CT molecular complexity index is 1730. The summed E-state index contributed by atoms with van der Waals surface area (Å²) in [4.78, 5) is 40.9. The highest BCUT2D eigenvalue weighted by Gasteiger charge is 2.38. The van der Waals surface area contributed by atoms with Crippen molar-refractivity contribution in [2.75, 3.05) is 30.8 Å². The van der Waals surface area contributed by atoms with Crippen LogP contribution in [0.2, 0.25) is 0 Å². The number of urea groups is 1. The van der Waals surface area contributed by atoms with Crippen molar-refractivity contribution >= 4 is 29.5 Å². The van der Waals surface area contributed by atoms with Crippen LogP contribution in [0, 0.1) is 5.92 Å². The highest BCUT2D eigenvalue weighted by Crippen LogP contribution is 2.33. The first-order valence-corrected chi connectivity index (χ1v) is 16.1. The van der Waals surface area contributed by atoms with Crippen LogP contribution in [0.5, 0.6) is 5.75 Å². The van der Waals surface area contributed by atoms with Crippen LogP contribution in [0.3, 0.4) is 0 Å². The van der Waals surface area contributed by atoms with Gasteiger partial charge in [-0.1, -0.05) is 42.5 Å². The summed E-state index contributed by atoms with van der Waals surface area (Å²) in [5.74, 6) is -0.922. The van der Waals surface area contributed by atoms with Gasteiger partial charge in [0.25, 0.3) is 0 Å². The van der Waals surface area contributed by atoms with E-state index in [1.807, 2.05) is 42.5 Å². The van der Waals surface area contributed by atoms with Gasteiger partial charge in [0.1, 0.15) is 11.9 Å². The Hall–Kier alpha value is -5.57. The highest BCUT2D eigenvalue weighted by atomic mass is 19.4. The second-order valence-corrected chi connectivity index (χ2v) is 12.0. The molecule has 4 aromatic rings. The van der Waals surface area contributed by atoms with E-state index >= 15 is 0 Å². The van der Waals surface area contributed by atoms with E-state index in [9.17, 15) is 22.8 Å². The van der Waals surface area contributed by atoms with Crippen molar-refractivity contribution < 1.29 is 46.6 Å². The van der Waals surface area contributed by atoms with E-state index in [2.05, 4.69) is 39.7 Å². The molecular formula is C36H40F3N5O7. The van der Waals surface area contributed by atoms with Gasteiger partial charge >= 0.3 is 24.3 Å². The number of halogens is 3. The second-order valence-electron chi connectivity index (χ2n) is 12.0. The summed E-state index contributed by atoms with van der Waals surface area (Å²) in [5, 5.41) is 15.6. The average Bonchev–Trinajstić information content (AvgIpc) is 3.75. The van der Waals surface area contributed by atoms with Gasteiger partial charge < -0.3 is 34.9 Å². The van der Waals surface area contributed by atoms with Gasteiger partial charge in [-0.15, -0.1) is 0 Å². The van der Waals surface area contributed by atoms with E-state index < -0.39 is 30.4 Å². The maximum Gasteiger partial charge on any atom is 0.490 e. The molecule has 1 aliphatic carbocycles. The zero-order valence-corrected chi connectivity index (χ0v) is 28.3. The van der Waals surface area contributed by atoms with Gasteiger partial charge in [0.2, 0.25) is 0 Å². The normalized spacial score (nSPS) is 13.1. The molecule has 51 heavy (non-hydrogen) atoms. The molecule has 0 bridgehead atoms.